The van der Waals surface area contributed by atoms with E-state index >= 15 is 0 Å². The van der Waals surface area contributed by atoms with Crippen LogP contribution in [0.2, 0.25) is 0 Å². The van der Waals surface area contributed by atoms with Crippen LogP contribution in [0.5, 0.6) is 5.75 Å². The fraction of sp³-hybridized carbons (Fsp3) is 0.588. The van der Waals surface area contributed by atoms with Gasteiger partial charge < -0.3 is 11.3 Å². The van der Waals surface area contributed by atoms with Crippen molar-refractivity contribution in [2.75, 3.05) is 6.61 Å². The maximum atomic E-state index is 10.9. The molecule has 1 aromatic rings. The van der Waals surface area contributed by atoms with Gasteiger partial charge in [0.2, 0.25) is 0 Å². The Labute approximate surface area is 151 Å². The molecule has 0 bridgehead atoms. The van der Waals surface area contributed by atoms with Crippen LogP contribution >= 0.6 is 0 Å². The average Bonchev–Trinajstić information content (AvgIpc) is 2.48. The first-order valence-corrected chi connectivity index (χ1v) is 7.66. The van der Waals surface area contributed by atoms with Gasteiger partial charge in [-0.1, -0.05) is 57.6 Å². The molecular formula is C17H27NaO3. The van der Waals surface area contributed by atoms with Gasteiger partial charge in [0, 0.05) is 0 Å². The summed E-state index contributed by atoms with van der Waals surface area (Å²) in [4.78, 5) is 10.9. The number of aryl methyl sites for hydroxylation is 1. The molecular weight excluding hydrogens is 275 g/mol. The SMILES string of the molecule is CCCCCCCCCc1ccc(OC(=O)CO)cc1.[H-].[Na+]. The molecule has 0 aliphatic heterocycles. The van der Waals surface area contributed by atoms with E-state index in [1.54, 1.807) is 12.1 Å². The van der Waals surface area contributed by atoms with Gasteiger partial charge in [-0.15, -0.1) is 0 Å². The van der Waals surface area contributed by atoms with Crippen LogP contribution in [0.1, 0.15) is 58.9 Å². The minimum atomic E-state index is -0.621. The number of aliphatic hydroxyl groups is 1. The number of hydrogen-bond donors (Lipinski definition) is 1. The number of benzene rings is 1. The summed E-state index contributed by atoms with van der Waals surface area (Å²) >= 11 is 0. The van der Waals surface area contributed by atoms with E-state index in [2.05, 4.69) is 6.92 Å². The molecule has 114 valence electrons. The van der Waals surface area contributed by atoms with Crippen LogP contribution in [0.25, 0.3) is 0 Å². The molecule has 0 fully saturated rings. The number of rotatable bonds is 10. The zero-order valence-electron chi connectivity index (χ0n) is 14.4. The van der Waals surface area contributed by atoms with E-state index in [4.69, 9.17) is 9.84 Å². The number of ether oxygens (including phenoxy) is 1. The van der Waals surface area contributed by atoms with Crippen molar-refractivity contribution in [3.63, 3.8) is 0 Å². The number of carbonyl (C=O) groups excluding carboxylic acids is 1. The van der Waals surface area contributed by atoms with Crippen molar-refractivity contribution in [1.29, 1.82) is 0 Å². The summed E-state index contributed by atoms with van der Waals surface area (Å²) in [6.07, 6.45) is 10.3. The first-order valence-electron chi connectivity index (χ1n) is 7.66. The van der Waals surface area contributed by atoms with E-state index in [1.165, 1.54) is 50.5 Å². The van der Waals surface area contributed by atoms with Crippen molar-refractivity contribution >= 4 is 5.97 Å². The fourth-order valence-corrected chi connectivity index (χ4v) is 2.17. The summed E-state index contributed by atoms with van der Waals surface area (Å²) in [6.45, 7) is 1.65. The molecule has 1 N–H and O–H groups in total. The molecule has 1 aromatic carbocycles. The number of aliphatic hydroxyl groups excluding tert-OH is 1. The molecule has 0 heterocycles. The Balaban J connectivity index is 0. The Hall–Kier alpha value is -0.350. The van der Waals surface area contributed by atoms with E-state index in [0.29, 0.717) is 5.75 Å². The molecule has 1 rings (SSSR count). The van der Waals surface area contributed by atoms with Crippen LogP contribution in [-0.2, 0) is 11.2 Å². The van der Waals surface area contributed by atoms with E-state index in [9.17, 15) is 4.79 Å². The van der Waals surface area contributed by atoms with Gasteiger partial charge in [-0.25, -0.2) is 4.79 Å². The second-order valence-corrected chi connectivity index (χ2v) is 5.15. The Morgan fingerprint density at radius 3 is 2.19 bits per heavy atom. The summed E-state index contributed by atoms with van der Waals surface area (Å²) in [6, 6.07) is 7.53. The Kier molecular flexibility index (Phi) is 13.1. The molecule has 21 heavy (non-hydrogen) atoms. The third kappa shape index (κ3) is 10.1. The third-order valence-corrected chi connectivity index (χ3v) is 3.35. The molecule has 0 aliphatic rings. The van der Waals surface area contributed by atoms with Crippen molar-refractivity contribution in [3.8, 4) is 5.75 Å². The van der Waals surface area contributed by atoms with Gasteiger partial charge in [0.05, 0.1) is 0 Å². The van der Waals surface area contributed by atoms with Crippen LogP contribution in [0.15, 0.2) is 24.3 Å². The Morgan fingerprint density at radius 2 is 1.62 bits per heavy atom. The Morgan fingerprint density at radius 1 is 1.05 bits per heavy atom. The molecule has 4 heteroatoms. The molecule has 0 spiro atoms. The third-order valence-electron chi connectivity index (χ3n) is 3.35. The number of esters is 1. The molecule has 0 saturated carbocycles. The van der Waals surface area contributed by atoms with E-state index in [1.807, 2.05) is 12.1 Å². The van der Waals surface area contributed by atoms with E-state index in [-0.39, 0.29) is 31.0 Å². The second-order valence-electron chi connectivity index (χ2n) is 5.15. The smallest absolute Gasteiger partial charge is 1.00 e. The van der Waals surface area contributed by atoms with Gasteiger partial charge in [-0.2, -0.15) is 0 Å². The van der Waals surface area contributed by atoms with Crippen LogP contribution in [-0.4, -0.2) is 17.7 Å². The molecule has 0 aliphatic carbocycles. The monoisotopic (exact) mass is 302 g/mol. The van der Waals surface area contributed by atoms with Gasteiger partial charge >= 0.3 is 35.5 Å². The minimum absolute atomic E-state index is 0. The predicted octanol–water partition coefficient (Wildman–Crippen LogP) is 0.994. The van der Waals surface area contributed by atoms with E-state index < -0.39 is 12.6 Å². The van der Waals surface area contributed by atoms with Crippen LogP contribution in [0, 0.1) is 0 Å². The number of carbonyl (C=O) groups is 1. The van der Waals surface area contributed by atoms with Crippen LogP contribution in [0.3, 0.4) is 0 Å². The number of hydrogen-bond acceptors (Lipinski definition) is 3. The van der Waals surface area contributed by atoms with Crippen molar-refractivity contribution < 1.29 is 45.6 Å². The molecule has 0 amide bonds. The first-order chi connectivity index (χ1) is 9.76. The maximum Gasteiger partial charge on any atom is 1.00 e. The summed E-state index contributed by atoms with van der Waals surface area (Å²) < 4.78 is 4.91. The van der Waals surface area contributed by atoms with E-state index in [0.717, 1.165) is 6.42 Å². The molecule has 0 atom stereocenters. The van der Waals surface area contributed by atoms with Crippen molar-refractivity contribution in [2.45, 2.75) is 58.3 Å². The van der Waals surface area contributed by atoms with Crippen LogP contribution < -0.4 is 34.3 Å². The van der Waals surface area contributed by atoms with Gasteiger partial charge in [-0.3, -0.25) is 0 Å². The zero-order chi connectivity index (χ0) is 14.6. The molecule has 0 saturated heterocycles. The fourth-order valence-electron chi connectivity index (χ4n) is 2.17. The summed E-state index contributed by atoms with van der Waals surface area (Å²) in [7, 11) is 0. The van der Waals surface area contributed by atoms with Crippen molar-refractivity contribution in [3.05, 3.63) is 29.8 Å². The molecule has 0 unspecified atom stereocenters. The van der Waals surface area contributed by atoms with Crippen molar-refractivity contribution in [2.24, 2.45) is 0 Å². The summed E-state index contributed by atoms with van der Waals surface area (Å²) in [5, 5.41) is 8.60. The zero-order valence-corrected chi connectivity index (χ0v) is 15.4. The van der Waals surface area contributed by atoms with Gasteiger partial charge in [0.25, 0.3) is 0 Å². The number of unbranched alkanes of at least 4 members (excludes halogenated alkanes) is 6. The predicted molar refractivity (Wildman–Crippen MR) is 82.0 cm³/mol. The van der Waals surface area contributed by atoms with Gasteiger partial charge in [0.15, 0.2) is 0 Å². The molecule has 0 radical (unpaired) electrons. The topological polar surface area (TPSA) is 46.5 Å². The average molecular weight is 302 g/mol. The maximum absolute atomic E-state index is 10.9. The minimum Gasteiger partial charge on any atom is -1.00 e. The molecule has 0 aromatic heterocycles. The molecule has 3 nitrogen and oxygen atoms in total. The quantitative estimate of drug-likeness (QED) is 0.303. The van der Waals surface area contributed by atoms with Crippen LogP contribution in [0.4, 0.5) is 0 Å². The normalized spacial score (nSPS) is 10.0. The Bertz CT molecular complexity index is 382. The second kappa shape index (κ2) is 13.3. The summed E-state index contributed by atoms with van der Waals surface area (Å²) in [5.74, 6) is -0.128. The van der Waals surface area contributed by atoms with Crippen molar-refractivity contribution in [1.82, 2.24) is 0 Å². The standard InChI is InChI=1S/C17H26O3.Na.H/c1-2-3-4-5-6-7-8-9-15-10-12-16(13-11-15)20-17(19)14-18;;/h10-13,18H,2-9,14H2,1H3;;/q;+1;-1. The van der Waals surface area contributed by atoms with Gasteiger partial charge in [0.1, 0.15) is 12.4 Å². The largest absolute Gasteiger partial charge is 1.00 e. The summed E-state index contributed by atoms with van der Waals surface area (Å²) in [5.41, 5.74) is 1.27. The first kappa shape index (κ1) is 20.6. The van der Waals surface area contributed by atoms with Gasteiger partial charge in [-0.05, 0) is 30.5 Å².